The number of carbonyl (C=O) groups is 1. The summed E-state index contributed by atoms with van der Waals surface area (Å²) in [5, 5.41) is 8.62. The van der Waals surface area contributed by atoms with E-state index in [0.29, 0.717) is 5.75 Å². The maximum Gasteiger partial charge on any atom is 0.336 e. The quantitative estimate of drug-likeness (QED) is 0.493. The SMILES string of the molecule is COc1ccc(/C=C/C(=O)Oc2ccc(C#N)c(F)c2)cc1. The molecule has 4 nitrogen and oxygen atoms in total. The zero-order valence-corrected chi connectivity index (χ0v) is 11.7. The molecule has 22 heavy (non-hydrogen) atoms. The fourth-order valence-electron chi connectivity index (χ4n) is 1.68. The Morgan fingerprint density at radius 1 is 1.18 bits per heavy atom. The van der Waals surface area contributed by atoms with Gasteiger partial charge in [0.05, 0.1) is 12.7 Å². The lowest BCUT2D eigenvalue weighted by Gasteiger charge is -2.02. The number of esters is 1. The number of hydrogen-bond donors (Lipinski definition) is 0. The summed E-state index contributed by atoms with van der Waals surface area (Å²) in [5.41, 5.74) is 0.692. The maximum absolute atomic E-state index is 13.4. The van der Waals surface area contributed by atoms with Gasteiger partial charge in [0.25, 0.3) is 0 Å². The molecule has 0 radical (unpaired) electrons. The molecule has 0 aliphatic carbocycles. The van der Waals surface area contributed by atoms with Gasteiger partial charge in [-0.25, -0.2) is 9.18 Å². The predicted octanol–water partition coefficient (Wildman–Crippen LogP) is 3.32. The monoisotopic (exact) mass is 297 g/mol. The van der Waals surface area contributed by atoms with Gasteiger partial charge in [-0.2, -0.15) is 5.26 Å². The number of hydrogen-bond acceptors (Lipinski definition) is 4. The summed E-state index contributed by atoms with van der Waals surface area (Å²) in [6, 6.07) is 12.4. The zero-order valence-electron chi connectivity index (χ0n) is 11.7. The van der Waals surface area contributed by atoms with E-state index in [-0.39, 0.29) is 11.3 Å². The summed E-state index contributed by atoms with van der Waals surface area (Å²) < 4.78 is 23.4. The average molecular weight is 297 g/mol. The van der Waals surface area contributed by atoms with Gasteiger partial charge in [0.2, 0.25) is 0 Å². The number of ether oxygens (including phenoxy) is 2. The first-order valence-electron chi connectivity index (χ1n) is 6.36. The molecule has 110 valence electrons. The van der Waals surface area contributed by atoms with Crippen molar-refractivity contribution in [3.63, 3.8) is 0 Å². The zero-order chi connectivity index (χ0) is 15.9. The van der Waals surface area contributed by atoms with Crippen LogP contribution in [0.25, 0.3) is 6.08 Å². The van der Waals surface area contributed by atoms with Crippen LogP contribution in [-0.2, 0) is 4.79 Å². The molecule has 0 fully saturated rings. The minimum atomic E-state index is -0.730. The van der Waals surface area contributed by atoms with Gasteiger partial charge < -0.3 is 9.47 Å². The van der Waals surface area contributed by atoms with E-state index in [9.17, 15) is 9.18 Å². The number of benzene rings is 2. The van der Waals surface area contributed by atoms with Gasteiger partial charge >= 0.3 is 5.97 Å². The van der Waals surface area contributed by atoms with Crippen molar-refractivity contribution in [2.45, 2.75) is 0 Å². The third-order valence-corrected chi connectivity index (χ3v) is 2.81. The molecule has 5 heteroatoms. The molecule has 0 bridgehead atoms. The summed E-state index contributed by atoms with van der Waals surface area (Å²) in [7, 11) is 1.57. The van der Waals surface area contributed by atoms with Crippen molar-refractivity contribution in [1.29, 1.82) is 5.26 Å². The number of nitrogens with zero attached hydrogens (tertiary/aromatic N) is 1. The summed E-state index contributed by atoms with van der Waals surface area (Å²) in [6.07, 6.45) is 2.81. The van der Waals surface area contributed by atoms with Crippen molar-refractivity contribution in [1.82, 2.24) is 0 Å². The minimum absolute atomic E-state index is 0.0425. The molecule has 0 aliphatic heterocycles. The minimum Gasteiger partial charge on any atom is -0.497 e. The maximum atomic E-state index is 13.4. The molecule has 0 saturated carbocycles. The van der Waals surface area contributed by atoms with Gasteiger partial charge in [-0.05, 0) is 35.9 Å². The van der Waals surface area contributed by atoms with Crippen LogP contribution >= 0.6 is 0 Å². The van der Waals surface area contributed by atoms with E-state index >= 15 is 0 Å². The molecule has 0 amide bonds. The molecule has 0 heterocycles. The largest absolute Gasteiger partial charge is 0.497 e. The molecule has 0 spiro atoms. The second-order valence-corrected chi connectivity index (χ2v) is 4.28. The van der Waals surface area contributed by atoms with Gasteiger partial charge in [0, 0.05) is 12.1 Å². The Morgan fingerprint density at radius 3 is 2.45 bits per heavy atom. The number of methoxy groups -OCH3 is 1. The number of nitriles is 1. The van der Waals surface area contributed by atoms with Crippen LogP contribution in [0.5, 0.6) is 11.5 Å². The van der Waals surface area contributed by atoms with E-state index in [4.69, 9.17) is 14.7 Å². The molecule has 2 aromatic rings. The van der Waals surface area contributed by atoms with Crippen LogP contribution in [0.15, 0.2) is 48.5 Å². The van der Waals surface area contributed by atoms with Gasteiger partial charge in [0.15, 0.2) is 0 Å². The highest BCUT2D eigenvalue weighted by Crippen LogP contribution is 2.17. The lowest BCUT2D eigenvalue weighted by atomic mass is 10.2. The van der Waals surface area contributed by atoms with Crippen LogP contribution in [0.2, 0.25) is 0 Å². The predicted molar refractivity (Wildman–Crippen MR) is 78.8 cm³/mol. The Labute approximate surface area is 127 Å². The topological polar surface area (TPSA) is 59.3 Å². The standard InChI is InChI=1S/C17H12FNO3/c1-21-14-6-2-12(3-7-14)4-9-17(20)22-15-8-5-13(11-19)16(18)10-15/h2-10H,1H3/b9-4+. The Bertz CT molecular complexity index is 745. The van der Waals surface area contributed by atoms with Crippen LogP contribution in [-0.4, -0.2) is 13.1 Å². The summed E-state index contributed by atoms with van der Waals surface area (Å²) >= 11 is 0. The van der Waals surface area contributed by atoms with Crippen molar-refractivity contribution < 1.29 is 18.7 Å². The average Bonchev–Trinajstić information content (AvgIpc) is 2.53. The first kappa shape index (κ1) is 15.3. The van der Waals surface area contributed by atoms with Crippen LogP contribution in [0.4, 0.5) is 4.39 Å². The first-order valence-corrected chi connectivity index (χ1v) is 6.36. The molecule has 0 atom stereocenters. The number of rotatable bonds is 4. The normalized spacial score (nSPS) is 10.2. The van der Waals surface area contributed by atoms with E-state index in [1.54, 1.807) is 43.5 Å². The Balaban J connectivity index is 2.01. The van der Waals surface area contributed by atoms with Gasteiger partial charge in [-0.15, -0.1) is 0 Å². The van der Waals surface area contributed by atoms with E-state index in [1.807, 2.05) is 0 Å². The van der Waals surface area contributed by atoms with Crippen LogP contribution < -0.4 is 9.47 Å². The van der Waals surface area contributed by atoms with Crippen molar-refractivity contribution in [3.8, 4) is 17.6 Å². The fraction of sp³-hybridized carbons (Fsp3) is 0.0588. The summed E-state index contributed by atoms with van der Waals surface area (Å²) in [5.74, 6) is -0.611. The Hall–Kier alpha value is -3.13. The third kappa shape index (κ3) is 3.93. The lowest BCUT2D eigenvalue weighted by Crippen LogP contribution is -2.04. The molecule has 0 N–H and O–H groups in total. The smallest absolute Gasteiger partial charge is 0.336 e. The third-order valence-electron chi connectivity index (χ3n) is 2.81. The van der Waals surface area contributed by atoms with Gasteiger partial charge in [0.1, 0.15) is 23.4 Å². The van der Waals surface area contributed by atoms with Crippen LogP contribution in [0.3, 0.4) is 0 Å². The highest BCUT2D eigenvalue weighted by molar-refractivity contribution is 5.88. The molecule has 0 unspecified atom stereocenters. The van der Waals surface area contributed by atoms with Crippen molar-refractivity contribution in [2.24, 2.45) is 0 Å². The Kier molecular flexibility index (Phi) is 4.89. The molecule has 0 saturated heterocycles. The fourth-order valence-corrected chi connectivity index (χ4v) is 1.68. The van der Waals surface area contributed by atoms with E-state index in [0.717, 1.165) is 11.6 Å². The molecule has 2 aromatic carbocycles. The summed E-state index contributed by atoms with van der Waals surface area (Å²) in [4.78, 5) is 11.7. The van der Waals surface area contributed by atoms with E-state index < -0.39 is 11.8 Å². The highest BCUT2D eigenvalue weighted by Gasteiger charge is 2.06. The van der Waals surface area contributed by atoms with Crippen molar-refractivity contribution in [3.05, 3.63) is 65.5 Å². The molecule has 2 rings (SSSR count). The Morgan fingerprint density at radius 2 is 1.86 bits per heavy atom. The molecular formula is C17H12FNO3. The molecular weight excluding hydrogens is 285 g/mol. The van der Waals surface area contributed by atoms with Crippen molar-refractivity contribution in [2.75, 3.05) is 7.11 Å². The van der Waals surface area contributed by atoms with Crippen molar-refractivity contribution >= 4 is 12.0 Å². The molecule has 0 aromatic heterocycles. The van der Waals surface area contributed by atoms with Crippen LogP contribution in [0, 0.1) is 17.1 Å². The van der Waals surface area contributed by atoms with Gasteiger partial charge in [-0.3, -0.25) is 0 Å². The number of carbonyl (C=O) groups excluding carboxylic acids is 1. The van der Waals surface area contributed by atoms with Gasteiger partial charge in [-0.1, -0.05) is 12.1 Å². The number of halogens is 1. The second-order valence-electron chi connectivity index (χ2n) is 4.28. The van der Waals surface area contributed by atoms with Crippen LogP contribution in [0.1, 0.15) is 11.1 Å². The van der Waals surface area contributed by atoms with E-state index in [2.05, 4.69) is 0 Å². The highest BCUT2D eigenvalue weighted by atomic mass is 19.1. The molecule has 0 aliphatic rings. The lowest BCUT2D eigenvalue weighted by molar-refractivity contribution is -0.128. The van der Waals surface area contributed by atoms with E-state index in [1.165, 1.54) is 18.2 Å². The first-order chi connectivity index (χ1) is 10.6. The summed E-state index contributed by atoms with van der Waals surface area (Å²) in [6.45, 7) is 0. The second kappa shape index (κ2) is 7.04.